The maximum atomic E-state index is 12.0. The van der Waals surface area contributed by atoms with E-state index in [9.17, 15) is 9.59 Å². The van der Waals surface area contributed by atoms with Gasteiger partial charge in [0.25, 0.3) is 5.91 Å². The third-order valence-electron chi connectivity index (χ3n) is 2.31. The highest BCUT2D eigenvalue weighted by atomic mass is 35.5. The van der Waals surface area contributed by atoms with Gasteiger partial charge in [0.15, 0.2) is 11.5 Å². The highest BCUT2D eigenvalue weighted by molar-refractivity contribution is 6.42. The molecule has 2 rings (SSSR count). The number of halogens is 2. The summed E-state index contributed by atoms with van der Waals surface area (Å²) in [6.07, 6.45) is 2.50. The average Bonchev–Trinajstić information content (AvgIpc) is 2.42. The lowest BCUT2D eigenvalue weighted by Crippen LogP contribution is -2.17. The summed E-state index contributed by atoms with van der Waals surface area (Å²) in [6.45, 7) is 0. The van der Waals surface area contributed by atoms with E-state index in [-0.39, 0.29) is 22.1 Å². The van der Waals surface area contributed by atoms with Crippen molar-refractivity contribution in [2.75, 3.05) is 5.32 Å². The van der Waals surface area contributed by atoms with Crippen LogP contribution in [0.5, 0.6) is 0 Å². The number of rotatable bonds is 3. The molecule has 0 bridgehead atoms. The zero-order valence-electron chi connectivity index (χ0n) is 9.80. The third-order valence-corrected chi connectivity index (χ3v) is 3.05. The minimum Gasteiger partial charge on any atom is -0.476 e. The summed E-state index contributed by atoms with van der Waals surface area (Å²) in [5.41, 5.74) is -0.123. The van der Waals surface area contributed by atoms with Crippen molar-refractivity contribution in [3.8, 4) is 0 Å². The number of nitrogens with one attached hydrogen (secondary N) is 1. The van der Waals surface area contributed by atoms with E-state index >= 15 is 0 Å². The van der Waals surface area contributed by atoms with Crippen molar-refractivity contribution >= 4 is 40.9 Å². The quantitative estimate of drug-likeness (QED) is 0.909. The van der Waals surface area contributed by atoms with E-state index in [2.05, 4.69) is 15.3 Å². The molecule has 2 aromatic rings. The number of hydrogen-bond donors (Lipinski definition) is 2. The molecule has 1 aromatic carbocycles. The molecule has 102 valence electrons. The first kappa shape index (κ1) is 14.2. The summed E-state index contributed by atoms with van der Waals surface area (Å²) in [4.78, 5) is 30.3. The Labute approximate surface area is 123 Å². The summed E-state index contributed by atoms with van der Waals surface area (Å²) >= 11 is 11.6. The monoisotopic (exact) mass is 311 g/mol. The lowest BCUT2D eigenvalue weighted by Gasteiger charge is -2.07. The van der Waals surface area contributed by atoms with Crippen molar-refractivity contribution in [1.82, 2.24) is 9.97 Å². The van der Waals surface area contributed by atoms with E-state index in [1.807, 2.05) is 0 Å². The first-order chi connectivity index (χ1) is 9.49. The second-order valence-electron chi connectivity index (χ2n) is 3.64. The summed E-state index contributed by atoms with van der Waals surface area (Å²) in [6, 6.07) is 4.30. The second kappa shape index (κ2) is 5.85. The standard InChI is InChI=1S/C12H7Cl2N3O3/c13-7-2-1-6(5-8(7)14)11(18)17-10-9(12(19)20)15-3-4-16-10/h1-5H,(H,19,20)(H,16,17,18). The molecular formula is C12H7Cl2N3O3. The van der Waals surface area contributed by atoms with Crippen molar-refractivity contribution in [2.45, 2.75) is 0 Å². The fourth-order valence-corrected chi connectivity index (χ4v) is 1.70. The molecule has 1 heterocycles. The number of aromatic carboxylic acids is 1. The number of anilines is 1. The Bertz CT molecular complexity index is 691. The van der Waals surface area contributed by atoms with Crippen LogP contribution in [0.3, 0.4) is 0 Å². The van der Waals surface area contributed by atoms with Crippen LogP contribution in [0.1, 0.15) is 20.8 Å². The molecule has 2 N–H and O–H groups in total. The van der Waals surface area contributed by atoms with Crippen LogP contribution in [0, 0.1) is 0 Å². The van der Waals surface area contributed by atoms with Crippen molar-refractivity contribution in [1.29, 1.82) is 0 Å². The molecule has 0 saturated heterocycles. The van der Waals surface area contributed by atoms with Crippen molar-refractivity contribution < 1.29 is 14.7 Å². The van der Waals surface area contributed by atoms with E-state index in [0.717, 1.165) is 0 Å². The second-order valence-corrected chi connectivity index (χ2v) is 4.46. The van der Waals surface area contributed by atoms with Crippen molar-refractivity contribution in [3.63, 3.8) is 0 Å². The van der Waals surface area contributed by atoms with E-state index in [1.165, 1.54) is 30.6 Å². The van der Waals surface area contributed by atoms with E-state index in [1.54, 1.807) is 0 Å². The maximum absolute atomic E-state index is 12.0. The topological polar surface area (TPSA) is 92.2 Å². The van der Waals surface area contributed by atoms with Crippen LogP contribution < -0.4 is 5.32 Å². The molecule has 0 radical (unpaired) electrons. The van der Waals surface area contributed by atoms with Gasteiger partial charge < -0.3 is 10.4 Å². The molecule has 0 aliphatic rings. The fraction of sp³-hybridized carbons (Fsp3) is 0. The highest BCUT2D eigenvalue weighted by Crippen LogP contribution is 2.23. The van der Waals surface area contributed by atoms with E-state index in [4.69, 9.17) is 28.3 Å². The first-order valence-corrected chi connectivity index (χ1v) is 6.05. The van der Waals surface area contributed by atoms with Gasteiger partial charge in [0, 0.05) is 18.0 Å². The summed E-state index contributed by atoms with van der Waals surface area (Å²) in [5, 5.41) is 11.8. The van der Waals surface area contributed by atoms with Crippen molar-refractivity contribution in [2.24, 2.45) is 0 Å². The van der Waals surface area contributed by atoms with Crippen LogP contribution in [-0.4, -0.2) is 27.0 Å². The lowest BCUT2D eigenvalue weighted by atomic mass is 10.2. The zero-order valence-corrected chi connectivity index (χ0v) is 11.3. The number of carboxylic acids is 1. The lowest BCUT2D eigenvalue weighted by molar-refractivity contribution is 0.0691. The van der Waals surface area contributed by atoms with Gasteiger partial charge in [0.05, 0.1) is 10.0 Å². The Morgan fingerprint density at radius 3 is 2.45 bits per heavy atom. The predicted molar refractivity (Wildman–Crippen MR) is 73.4 cm³/mol. The Morgan fingerprint density at radius 1 is 1.10 bits per heavy atom. The van der Waals surface area contributed by atoms with Gasteiger partial charge in [-0.15, -0.1) is 0 Å². The Hall–Kier alpha value is -2.18. The third kappa shape index (κ3) is 3.04. The first-order valence-electron chi connectivity index (χ1n) is 5.29. The molecule has 0 aliphatic heterocycles. The van der Waals surface area contributed by atoms with Gasteiger partial charge in [0.1, 0.15) is 0 Å². The Kier molecular flexibility index (Phi) is 4.16. The average molecular weight is 312 g/mol. The number of nitrogens with zero attached hydrogens (tertiary/aromatic N) is 2. The van der Waals surface area contributed by atoms with Gasteiger partial charge in [-0.05, 0) is 18.2 Å². The van der Waals surface area contributed by atoms with Crippen LogP contribution in [0.25, 0.3) is 0 Å². The predicted octanol–water partition coefficient (Wildman–Crippen LogP) is 2.73. The highest BCUT2D eigenvalue weighted by Gasteiger charge is 2.16. The molecule has 0 saturated carbocycles. The molecular weight excluding hydrogens is 305 g/mol. The van der Waals surface area contributed by atoms with Gasteiger partial charge in [-0.2, -0.15) is 0 Å². The molecule has 0 spiro atoms. The summed E-state index contributed by atoms with van der Waals surface area (Å²) in [7, 11) is 0. The SMILES string of the molecule is O=C(Nc1nccnc1C(=O)O)c1ccc(Cl)c(Cl)c1. The Morgan fingerprint density at radius 2 is 1.80 bits per heavy atom. The van der Waals surface area contributed by atoms with E-state index in [0.29, 0.717) is 5.02 Å². The van der Waals surface area contributed by atoms with Crippen LogP contribution in [0.4, 0.5) is 5.82 Å². The molecule has 1 amide bonds. The number of amides is 1. The molecule has 0 aliphatic carbocycles. The van der Waals surface area contributed by atoms with Gasteiger partial charge >= 0.3 is 5.97 Å². The summed E-state index contributed by atoms with van der Waals surface area (Å²) < 4.78 is 0. The molecule has 0 atom stereocenters. The summed E-state index contributed by atoms with van der Waals surface area (Å²) in [5.74, 6) is -2.00. The van der Waals surface area contributed by atoms with E-state index < -0.39 is 11.9 Å². The maximum Gasteiger partial charge on any atom is 0.358 e. The largest absolute Gasteiger partial charge is 0.476 e. The van der Waals surface area contributed by atoms with Crippen LogP contribution in [0.2, 0.25) is 10.0 Å². The van der Waals surface area contributed by atoms with Gasteiger partial charge in [-0.3, -0.25) is 4.79 Å². The molecule has 0 fully saturated rings. The molecule has 20 heavy (non-hydrogen) atoms. The molecule has 6 nitrogen and oxygen atoms in total. The molecule has 8 heteroatoms. The number of hydrogen-bond acceptors (Lipinski definition) is 4. The number of carbonyl (C=O) groups is 2. The number of carboxylic acid groups (broad SMARTS) is 1. The van der Waals surface area contributed by atoms with Gasteiger partial charge in [-0.1, -0.05) is 23.2 Å². The minimum atomic E-state index is -1.29. The van der Waals surface area contributed by atoms with Crippen LogP contribution >= 0.6 is 23.2 Å². The number of benzene rings is 1. The molecule has 1 aromatic heterocycles. The Balaban J connectivity index is 2.28. The van der Waals surface area contributed by atoms with Gasteiger partial charge in [-0.25, -0.2) is 14.8 Å². The normalized spacial score (nSPS) is 10.1. The number of carbonyl (C=O) groups excluding carboxylic acids is 1. The smallest absolute Gasteiger partial charge is 0.358 e. The van der Waals surface area contributed by atoms with Crippen LogP contribution in [-0.2, 0) is 0 Å². The minimum absolute atomic E-state index is 0.143. The number of aromatic nitrogens is 2. The molecule has 0 unspecified atom stereocenters. The van der Waals surface area contributed by atoms with Gasteiger partial charge in [0.2, 0.25) is 0 Å². The zero-order chi connectivity index (χ0) is 14.7. The fourth-order valence-electron chi connectivity index (χ4n) is 1.40. The van der Waals surface area contributed by atoms with Crippen molar-refractivity contribution in [3.05, 3.63) is 51.9 Å². The van der Waals surface area contributed by atoms with Crippen LogP contribution in [0.15, 0.2) is 30.6 Å².